The summed E-state index contributed by atoms with van der Waals surface area (Å²) in [6, 6.07) is 3.75. The number of aryl methyl sites for hydroxylation is 1. The van der Waals surface area contributed by atoms with Gasteiger partial charge in [0, 0.05) is 12.2 Å². The Kier molecular flexibility index (Phi) is 3.28. The molecule has 0 amide bonds. The molecule has 4 heteroatoms. The van der Waals surface area contributed by atoms with Gasteiger partial charge in [0.25, 0.3) is 0 Å². The summed E-state index contributed by atoms with van der Waals surface area (Å²) in [7, 11) is 0. The van der Waals surface area contributed by atoms with Gasteiger partial charge in [-0.25, -0.2) is 9.97 Å². The highest BCUT2D eigenvalue weighted by molar-refractivity contribution is 5.33. The second-order valence-electron chi connectivity index (χ2n) is 4.89. The first kappa shape index (κ1) is 11.8. The Labute approximate surface area is 102 Å². The third kappa shape index (κ3) is 2.55. The minimum atomic E-state index is 0.430. The zero-order chi connectivity index (χ0) is 12.3. The fourth-order valence-electron chi connectivity index (χ4n) is 2.30. The van der Waals surface area contributed by atoms with Crippen molar-refractivity contribution < 1.29 is 0 Å². The number of nitrogens with one attached hydrogen (secondary N) is 1. The molecule has 90 valence electrons. The summed E-state index contributed by atoms with van der Waals surface area (Å²) in [5.41, 5.74) is 1.69. The van der Waals surface area contributed by atoms with Gasteiger partial charge in [-0.05, 0) is 37.7 Å². The fraction of sp³-hybridized carbons (Fsp3) is 0.615. The SMILES string of the molecule is CCC1(CNc2nc(C)cc(C#N)n2)CCC1. The Hall–Kier alpha value is -1.63. The number of hydrogen-bond acceptors (Lipinski definition) is 4. The van der Waals surface area contributed by atoms with Crippen molar-refractivity contribution in [2.75, 3.05) is 11.9 Å². The summed E-state index contributed by atoms with van der Waals surface area (Å²) in [5, 5.41) is 12.1. The number of rotatable bonds is 4. The lowest BCUT2D eigenvalue weighted by Gasteiger charge is -2.41. The van der Waals surface area contributed by atoms with E-state index in [4.69, 9.17) is 5.26 Å². The second kappa shape index (κ2) is 4.70. The normalized spacial score (nSPS) is 17.0. The molecule has 0 aromatic carbocycles. The Morgan fingerprint density at radius 2 is 2.24 bits per heavy atom. The first-order chi connectivity index (χ1) is 8.17. The minimum Gasteiger partial charge on any atom is -0.354 e. The van der Waals surface area contributed by atoms with E-state index in [0.717, 1.165) is 12.2 Å². The molecule has 1 aliphatic rings. The molecule has 1 aromatic rings. The number of nitriles is 1. The van der Waals surface area contributed by atoms with Gasteiger partial charge in [0.1, 0.15) is 11.8 Å². The molecule has 4 nitrogen and oxygen atoms in total. The van der Waals surface area contributed by atoms with E-state index in [2.05, 4.69) is 28.3 Å². The van der Waals surface area contributed by atoms with E-state index in [1.54, 1.807) is 6.07 Å². The summed E-state index contributed by atoms with van der Waals surface area (Å²) in [6.45, 7) is 5.03. The van der Waals surface area contributed by atoms with Gasteiger partial charge in [-0.15, -0.1) is 0 Å². The maximum absolute atomic E-state index is 8.85. The van der Waals surface area contributed by atoms with Crippen molar-refractivity contribution in [3.8, 4) is 6.07 Å². The summed E-state index contributed by atoms with van der Waals surface area (Å²) in [6.07, 6.45) is 5.09. The molecule has 0 atom stereocenters. The van der Waals surface area contributed by atoms with Crippen molar-refractivity contribution in [1.82, 2.24) is 9.97 Å². The van der Waals surface area contributed by atoms with Crippen molar-refractivity contribution in [3.05, 3.63) is 17.5 Å². The first-order valence-corrected chi connectivity index (χ1v) is 6.17. The zero-order valence-corrected chi connectivity index (χ0v) is 10.5. The molecule has 2 rings (SSSR count). The van der Waals surface area contributed by atoms with Crippen LogP contribution in [0.4, 0.5) is 5.95 Å². The van der Waals surface area contributed by atoms with Crippen molar-refractivity contribution in [1.29, 1.82) is 5.26 Å². The van der Waals surface area contributed by atoms with Crippen LogP contribution in [0.15, 0.2) is 6.07 Å². The van der Waals surface area contributed by atoms with Crippen molar-refractivity contribution in [2.24, 2.45) is 5.41 Å². The summed E-state index contributed by atoms with van der Waals surface area (Å²) in [5.74, 6) is 0.585. The minimum absolute atomic E-state index is 0.430. The lowest BCUT2D eigenvalue weighted by atomic mass is 9.67. The van der Waals surface area contributed by atoms with Crippen LogP contribution in [0.2, 0.25) is 0 Å². The van der Waals surface area contributed by atoms with Crippen LogP contribution in [0.3, 0.4) is 0 Å². The molecule has 1 N–H and O–H groups in total. The van der Waals surface area contributed by atoms with Gasteiger partial charge in [0.05, 0.1) is 0 Å². The van der Waals surface area contributed by atoms with Crippen LogP contribution < -0.4 is 5.32 Å². The van der Waals surface area contributed by atoms with Crippen LogP contribution in [0.1, 0.15) is 44.0 Å². The van der Waals surface area contributed by atoms with Crippen LogP contribution >= 0.6 is 0 Å². The van der Waals surface area contributed by atoms with Gasteiger partial charge in [0.15, 0.2) is 0 Å². The van der Waals surface area contributed by atoms with Crippen LogP contribution in [-0.4, -0.2) is 16.5 Å². The number of aromatic nitrogens is 2. The predicted octanol–water partition coefficient (Wildman–Crippen LogP) is 2.65. The second-order valence-corrected chi connectivity index (χ2v) is 4.89. The molecule has 1 aromatic heterocycles. The van der Waals surface area contributed by atoms with Gasteiger partial charge in [-0.2, -0.15) is 5.26 Å². The van der Waals surface area contributed by atoms with E-state index in [1.165, 1.54) is 25.7 Å². The number of anilines is 1. The highest BCUT2D eigenvalue weighted by atomic mass is 15.1. The average Bonchev–Trinajstić information content (AvgIpc) is 2.27. The van der Waals surface area contributed by atoms with Gasteiger partial charge < -0.3 is 5.32 Å². The average molecular weight is 230 g/mol. The van der Waals surface area contributed by atoms with Gasteiger partial charge >= 0.3 is 0 Å². The van der Waals surface area contributed by atoms with Gasteiger partial charge in [-0.3, -0.25) is 0 Å². The van der Waals surface area contributed by atoms with Crippen LogP contribution in [0.25, 0.3) is 0 Å². The summed E-state index contributed by atoms with van der Waals surface area (Å²) >= 11 is 0. The molecule has 0 bridgehead atoms. The molecule has 0 radical (unpaired) electrons. The van der Waals surface area contributed by atoms with Crippen LogP contribution in [0.5, 0.6) is 0 Å². The highest BCUT2D eigenvalue weighted by Gasteiger charge is 2.34. The quantitative estimate of drug-likeness (QED) is 0.863. The third-order valence-electron chi connectivity index (χ3n) is 3.75. The maximum Gasteiger partial charge on any atom is 0.224 e. The third-order valence-corrected chi connectivity index (χ3v) is 3.75. The first-order valence-electron chi connectivity index (χ1n) is 6.17. The lowest BCUT2D eigenvalue weighted by molar-refractivity contribution is 0.144. The largest absolute Gasteiger partial charge is 0.354 e. The lowest BCUT2D eigenvalue weighted by Crippen LogP contribution is -2.36. The monoisotopic (exact) mass is 230 g/mol. The summed E-state index contributed by atoms with van der Waals surface area (Å²) in [4.78, 5) is 8.47. The highest BCUT2D eigenvalue weighted by Crippen LogP contribution is 2.43. The predicted molar refractivity (Wildman–Crippen MR) is 66.5 cm³/mol. The van der Waals surface area contributed by atoms with E-state index in [9.17, 15) is 0 Å². The standard InChI is InChI=1S/C13H18N4/c1-3-13(5-4-6-13)9-15-12-16-10(2)7-11(8-14)17-12/h7H,3-6,9H2,1-2H3,(H,15,16,17). The molecule has 1 heterocycles. The molecule has 0 spiro atoms. The molecular weight excluding hydrogens is 212 g/mol. The topological polar surface area (TPSA) is 61.6 Å². The number of hydrogen-bond donors (Lipinski definition) is 1. The van der Waals surface area contributed by atoms with E-state index in [0.29, 0.717) is 17.1 Å². The molecule has 17 heavy (non-hydrogen) atoms. The summed E-state index contributed by atoms with van der Waals surface area (Å²) < 4.78 is 0. The Balaban J connectivity index is 2.04. The molecular formula is C13H18N4. The van der Waals surface area contributed by atoms with Gasteiger partial charge in [-0.1, -0.05) is 13.3 Å². The Bertz CT molecular complexity index is 438. The smallest absolute Gasteiger partial charge is 0.224 e. The van der Waals surface area contributed by atoms with E-state index < -0.39 is 0 Å². The molecule has 1 saturated carbocycles. The molecule has 0 unspecified atom stereocenters. The van der Waals surface area contributed by atoms with Crippen LogP contribution in [0, 0.1) is 23.7 Å². The molecule has 1 aliphatic carbocycles. The van der Waals surface area contributed by atoms with E-state index >= 15 is 0 Å². The Morgan fingerprint density at radius 1 is 1.47 bits per heavy atom. The number of nitrogens with zero attached hydrogens (tertiary/aromatic N) is 3. The van der Waals surface area contributed by atoms with Crippen molar-refractivity contribution in [3.63, 3.8) is 0 Å². The Morgan fingerprint density at radius 3 is 2.76 bits per heavy atom. The molecule has 1 fully saturated rings. The van der Waals surface area contributed by atoms with E-state index in [-0.39, 0.29) is 0 Å². The van der Waals surface area contributed by atoms with Crippen LogP contribution in [-0.2, 0) is 0 Å². The maximum atomic E-state index is 8.85. The molecule has 0 aliphatic heterocycles. The van der Waals surface area contributed by atoms with Crippen molar-refractivity contribution in [2.45, 2.75) is 39.5 Å². The van der Waals surface area contributed by atoms with E-state index in [1.807, 2.05) is 6.92 Å². The van der Waals surface area contributed by atoms with Crippen molar-refractivity contribution >= 4 is 5.95 Å². The van der Waals surface area contributed by atoms with Gasteiger partial charge in [0.2, 0.25) is 5.95 Å². The fourth-order valence-corrected chi connectivity index (χ4v) is 2.30. The molecule has 0 saturated heterocycles. The zero-order valence-electron chi connectivity index (χ0n) is 10.5.